The first kappa shape index (κ1) is 16.0. The summed E-state index contributed by atoms with van der Waals surface area (Å²) in [6.45, 7) is 12.1. The molecule has 0 unspecified atom stereocenters. The average Bonchev–Trinajstić information content (AvgIpc) is 2.77. The lowest BCUT2D eigenvalue weighted by molar-refractivity contribution is -0.144. The molecule has 0 aromatic carbocycles. The summed E-state index contributed by atoms with van der Waals surface area (Å²) in [6, 6.07) is 0. The second-order valence-corrected chi connectivity index (χ2v) is 6.26. The van der Waals surface area contributed by atoms with Crippen LogP contribution in [0.15, 0.2) is 6.20 Å². The van der Waals surface area contributed by atoms with E-state index in [1.807, 2.05) is 34.6 Å². The first-order valence-corrected chi connectivity index (χ1v) is 7.21. The van der Waals surface area contributed by atoms with E-state index in [2.05, 4.69) is 5.10 Å². The summed E-state index contributed by atoms with van der Waals surface area (Å²) in [5.41, 5.74) is 0.844. The zero-order valence-corrected chi connectivity index (χ0v) is 13.6. The number of aromatic nitrogens is 2. The number of nitrogens with zero attached hydrogens (tertiary/aromatic N) is 2. The first-order chi connectivity index (χ1) is 9.66. The monoisotopic (exact) mass is 294 g/mol. The molecule has 7 heteroatoms. The van der Waals surface area contributed by atoms with E-state index < -0.39 is 18.3 Å². The van der Waals surface area contributed by atoms with Crippen LogP contribution in [0.25, 0.3) is 0 Å². The molecule has 1 aromatic rings. The largest absolute Gasteiger partial charge is 0.498 e. The van der Waals surface area contributed by atoms with Crippen molar-refractivity contribution < 1.29 is 18.8 Å². The quantitative estimate of drug-likeness (QED) is 0.613. The second-order valence-electron chi connectivity index (χ2n) is 6.26. The Morgan fingerprint density at radius 3 is 2.43 bits per heavy atom. The van der Waals surface area contributed by atoms with Crippen molar-refractivity contribution in [2.24, 2.45) is 0 Å². The number of carbonyl (C=O) groups excluding carboxylic acids is 1. The van der Waals surface area contributed by atoms with Crippen LogP contribution in [0.1, 0.15) is 40.3 Å². The topological polar surface area (TPSA) is 62.6 Å². The van der Waals surface area contributed by atoms with Gasteiger partial charge in [0.15, 0.2) is 0 Å². The standard InChI is InChI=1S/C14H23BN2O4/c1-7-19-12(18)9-17-8-11(10(2)16-17)15-20-13(3,4)14(5,6)21-15/h8H,7,9H2,1-6H3. The molecule has 0 spiro atoms. The van der Waals surface area contributed by atoms with Crippen LogP contribution >= 0.6 is 0 Å². The normalized spacial score (nSPS) is 19.8. The summed E-state index contributed by atoms with van der Waals surface area (Å²) in [5.74, 6) is -0.305. The number of carbonyl (C=O) groups is 1. The zero-order chi connectivity index (χ0) is 15.8. The second kappa shape index (κ2) is 5.46. The molecule has 1 fully saturated rings. The minimum Gasteiger partial charge on any atom is -0.465 e. The van der Waals surface area contributed by atoms with Crippen LogP contribution in [0.4, 0.5) is 0 Å². The Kier molecular flexibility index (Phi) is 4.17. The number of hydrogen-bond donors (Lipinski definition) is 0. The SMILES string of the molecule is CCOC(=O)Cn1cc(B2OC(C)(C)C(C)(C)O2)c(C)n1. The summed E-state index contributed by atoms with van der Waals surface area (Å²) >= 11 is 0. The number of aryl methyl sites for hydroxylation is 1. The van der Waals surface area contributed by atoms with Crippen molar-refractivity contribution in [3.05, 3.63) is 11.9 Å². The third-order valence-electron chi connectivity index (χ3n) is 4.09. The van der Waals surface area contributed by atoms with E-state index >= 15 is 0 Å². The Hall–Kier alpha value is -1.34. The zero-order valence-electron chi connectivity index (χ0n) is 13.6. The molecular weight excluding hydrogens is 271 g/mol. The molecular formula is C14H23BN2O4. The fourth-order valence-electron chi connectivity index (χ4n) is 2.15. The van der Waals surface area contributed by atoms with Gasteiger partial charge >= 0.3 is 13.1 Å². The molecule has 2 heterocycles. The van der Waals surface area contributed by atoms with Crippen LogP contribution in [0.3, 0.4) is 0 Å². The Labute approximate surface area is 125 Å². The van der Waals surface area contributed by atoms with E-state index in [1.54, 1.807) is 17.8 Å². The van der Waals surface area contributed by atoms with Crippen molar-refractivity contribution >= 4 is 18.6 Å². The van der Waals surface area contributed by atoms with Crippen molar-refractivity contribution in [1.29, 1.82) is 0 Å². The van der Waals surface area contributed by atoms with Crippen molar-refractivity contribution in [1.82, 2.24) is 9.78 Å². The molecule has 0 aliphatic carbocycles. The van der Waals surface area contributed by atoms with Crippen LogP contribution < -0.4 is 5.46 Å². The third-order valence-corrected chi connectivity index (χ3v) is 4.09. The van der Waals surface area contributed by atoms with Gasteiger partial charge in [-0.1, -0.05) is 0 Å². The summed E-state index contributed by atoms with van der Waals surface area (Å²) < 4.78 is 18.5. The third kappa shape index (κ3) is 3.13. The maximum absolute atomic E-state index is 11.5. The van der Waals surface area contributed by atoms with E-state index in [4.69, 9.17) is 14.0 Å². The summed E-state index contributed by atoms with van der Waals surface area (Å²) in [4.78, 5) is 11.5. The van der Waals surface area contributed by atoms with Gasteiger partial charge in [-0.2, -0.15) is 5.10 Å². The summed E-state index contributed by atoms with van der Waals surface area (Å²) in [6.07, 6.45) is 1.79. The fourth-order valence-corrected chi connectivity index (χ4v) is 2.15. The molecule has 0 radical (unpaired) electrons. The Morgan fingerprint density at radius 2 is 1.90 bits per heavy atom. The highest BCUT2D eigenvalue weighted by molar-refractivity contribution is 6.62. The van der Waals surface area contributed by atoms with Crippen molar-refractivity contribution in [2.45, 2.75) is 59.3 Å². The maximum Gasteiger partial charge on any atom is 0.498 e. The number of hydrogen-bond acceptors (Lipinski definition) is 5. The van der Waals surface area contributed by atoms with Crippen LogP contribution in [-0.4, -0.2) is 40.7 Å². The predicted octanol–water partition coefficient (Wildman–Crippen LogP) is 1.05. The van der Waals surface area contributed by atoms with Gasteiger partial charge < -0.3 is 14.0 Å². The maximum atomic E-state index is 11.5. The minimum atomic E-state index is -0.467. The van der Waals surface area contributed by atoms with Crippen molar-refractivity contribution in [2.75, 3.05) is 6.61 Å². The molecule has 116 valence electrons. The van der Waals surface area contributed by atoms with Crippen molar-refractivity contribution in [3.8, 4) is 0 Å². The predicted molar refractivity (Wildman–Crippen MR) is 79.3 cm³/mol. The van der Waals surface area contributed by atoms with E-state index in [0.29, 0.717) is 6.61 Å². The lowest BCUT2D eigenvalue weighted by Gasteiger charge is -2.32. The Bertz CT molecular complexity index is 523. The Morgan fingerprint density at radius 1 is 1.33 bits per heavy atom. The fraction of sp³-hybridized carbons (Fsp3) is 0.714. The molecule has 0 atom stereocenters. The van der Waals surface area contributed by atoms with Gasteiger partial charge in [-0.3, -0.25) is 9.48 Å². The van der Waals surface area contributed by atoms with Gasteiger partial charge in [0, 0.05) is 11.7 Å². The van der Waals surface area contributed by atoms with Crippen LogP contribution in [0.5, 0.6) is 0 Å². The first-order valence-electron chi connectivity index (χ1n) is 7.21. The minimum absolute atomic E-state index is 0.0915. The molecule has 0 saturated carbocycles. The van der Waals surface area contributed by atoms with Gasteiger partial charge in [0.25, 0.3) is 0 Å². The van der Waals surface area contributed by atoms with Gasteiger partial charge in [0.05, 0.1) is 23.5 Å². The van der Waals surface area contributed by atoms with Crippen molar-refractivity contribution in [3.63, 3.8) is 0 Å². The molecule has 21 heavy (non-hydrogen) atoms. The van der Waals surface area contributed by atoms with Gasteiger partial charge in [0.2, 0.25) is 0 Å². The van der Waals surface area contributed by atoms with Crippen LogP contribution in [0, 0.1) is 6.92 Å². The highest BCUT2D eigenvalue weighted by Gasteiger charge is 2.52. The van der Waals surface area contributed by atoms with Gasteiger partial charge in [-0.25, -0.2) is 0 Å². The molecule has 1 aliphatic rings. The lowest BCUT2D eigenvalue weighted by atomic mass is 9.79. The van der Waals surface area contributed by atoms with Crippen LogP contribution in [0.2, 0.25) is 0 Å². The summed E-state index contributed by atoms with van der Waals surface area (Å²) in [7, 11) is -0.467. The van der Waals surface area contributed by atoms with E-state index in [9.17, 15) is 4.79 Å². The van der Waals surface area contributed by atoms with E-state index in [1.165, 1.54) is 0 Å². The number of ether oxygens (including phenoxy) is 1. The lowest BCUT2D eigenvalue weighted by Crippen LogP contribution is -2.41. The molecule has 6 nitrogen and oxygen atoms in total. The molecule has 0 amide bonds. The molecule has 2 rings (SSSR count). The molecule has 1 saturated heterocycles. The highest BCUT2D eigenvalue weighted by Crippen LogP contribution is 2.36. The van der Waals surface area contributed by atoms with E-state index in [-0.39, 0.29) is 12.5 Å². The van der Waals surface area contributed by atoms with E-state index in [0.717, 1.165) is 11.2 Å². The highest BCUT2D eigenvalue weighted by atomic mass is 16.7. The van der Waals surface area contributed by atoms with Gasteiger partial charge in [-0.15, -0.1) is 0 Å². The molecule has 1 aromatic heterocycles. The molecule has 0 N–H and O–H groups in total. The molecule has 0 bridgehead atoms. The van der Waals surface area contributed by atoms with Gasteiger partial charge in [-0.05, 0) is 41.5 Å². The molecule has 1 aliphatic heterocycles. The average molecular weight is 294 g/mol. The van der Waals surface area contributed by atoms with Gasteiger partial charge in [0.1, 0.15) is 6.54 Å². The smallest absolute Gasteiger partial charge is 0.465 e. The number of rotatable bonds is 4. The summed E-state index contributed by atoms with van der Waals surface area (Å²) in [5, 5.41) is 4.33. The van der Waals surface area contributed by atoms with Crippen LogP contribution in [-0.2, 0) is 25.4 Å². The Balaban J connectivity index is 2.15. The number of esters is 1.